The lowest BCUT2D eigenvalue weighted by molar-refractivity contribution is -0.130. The molecule has 2 saturated heterocycles. The molecular formula is C14H19N3O3S. The third-order valence-corrected chi connectivity index (χ3v) is 5.53. The minimum Gasteiger partial charge on any atom is -0.326 e. The van der Waals surface area contributed by atoms with Crippen molar-refractivity contribution in [2.75, 3.05) is 13.1 Å². The number of nitrogens with one attached hydrogen (secondary N) is 1. The lowest BCUT2D eigenvalue weighted by Gasteiger charge is -2.36. The van der Waals surface area contributed by atoms with Crippen LogP contribution in [0.25, 0.3) is 0 Å². The highest BCUT2D eigenvalue weighted by molar-refractivity contribution is 7.87. The van der Waals surface area contributed by atoms with Gasteiger partial charge in [-0.15, -0.1) is 0 Å². The predicted octanol–water partition coefficient (Wildman–Crippen LogP) is 0.675. The summed E-state index contributed by atoms with van der Waals surface area (Å²) in [5, 5.41) is 0. The maximum Gasteiger partial charge on any atom is 0.281 e. The first-order chi connectivity index (χ1) is 10.1. The quantitative estimate of drug-likeness (QED) is 0.892. The van der Waals surface area contributed by atoms with Crippen molar-refractivity contribution in [3.8, 4) is 0 Å². The van der Waals surface area contributed by atoms with Gasteiger partial charge in [-0.1, -0.05) is 30.3 Å². The third-order valence-electron chi connectivity index (χ3n) is 3.96. The standard InChI is InChI=1S/C14H19N3O3S/c18-14-7-4-9-17(14)13-8-10-16(21(19,20)15-13)11-12-5-2-1-3-6-12/h1-3,5-6,13,15H,4,7-11H2. The van der Waals surface area contributed by atoms with E-state index in [1.54, 1.807) is 4.90 Å². The van der Waals surface area contributed by atoms with Gasteiger partial charge in [-0.2, -0.15) is 17.4 Å². The van der Waals surface area contributed by atoms with Crippen LogP contribution in [0.3, 0.4) is 0 Å². The van der Waals surface area contributed by atoms with Gasteiger partial charge >= 0.3 is 0 Å². The van der Waals surface area contributed by atoms with Gasteiger partial charge in [-0.05, 0) is 18.4 Å². The fourth-order valence-corrected chi connectivity index (χ4v) is 4.26. The Morgan fingerprint density at radius 2 is 1.95 bits per heavy atom. The zero-order chi connectivity index (χ0) is 14.9. The van der Waals surface area contributed by atoms with Crippen molar-refractivity contribution in [2.45, 2.75) is 32.0 Å². The molecular weight excluding hydrogens is 290 g/mol. The molecule has 2 fully saturated rings. The molecule has 0 aliphatic carbocycles. The van der Waals surface area contributed by atoms with Crippen molar-refractivity contribution in [3.63, 3.8) is 0 Å². The zero-order valence-corrected chi connectivity index (χ0v) is 12.6. The molecule has 1 N–H and O–H groups in total. The maximum atomic E-state index is 12.3. The number of rotatable bonds is 3. The normalized spacial score (nSPS) is 26.2. The number of nitrogens with zero attached hydrogens (tertiary/aromatic N) is 2. The van der Waals surface area contributed by atoms with Gasteiger partial charge in [-0.3, -0.25) is 4.79 Å². The van der Waals surface area contributed by atoms with Crippen LogP contribution in [0.4, 0.5) is 0 Å². The van der Waals surface area contributed by atoms with Crippen LogP contribution in [0.15, 0.2) is 30.3 Å². The first-order valence-electron chi connectivity index (χ1n) is 7.17. The number of benzene rings is 1. The van der Waals surface area contributed by atoms with E-state index in [0.717, 1.165) is 12.0 Å². The Morgan fingerprint density at radius 3 is 2.57 bits per heavy atom. The van der Waals surface area contributed by atoms with E-state index < -0.39 is 16.4 Å². The summed E-state index contributed by atoms with van der Waals surface area (Å²) < 4.78 is 28.7. The molecule has 3 rings (SSSR count). The fourth-order valence-electron chi connectivity index (χ4n) is 2.86. The van der Waals surface area contributed by atoms with Crippen molar-refractivity contribution in [3.05, 3.63) is 35.9 Å². The van der Waals surface area contributed by atoms with Gasteiger partial charge in [0.25, 0.3) is 10.2 Å². The van der Waals surface area contributed by atoms with Crippen LogP contribution in [-0.4, -0.2) is 42.8 Å². The number of carbonyl (C=O) groups excluding carboxylic acids is 1. The summed E-state index contributed by atoms with van der Waals surface area (Å²) in [5.74, 6) is 0.0409. The molecule has 1 atom stereocenters. The average molecular weight is 309 g/mol. The molecule has 0 aromatic heterocycles. The molecule has 0 radical (unpaired) electrons. The molecule has 0 saturated carbocycles. The van der Waals surface area contributed by atoms with Gasteiger partial charge in [0.1, 0.15) is 0 Å². The molecule has 1 unspecified atom stereocenters. The van der Waals surface area contributed by atoms with Crippen LogP contribution in [0.2, 0.25) is 0 Å². The van der Waals surface area contributed by atoms with Crippen LogP contribution in [0, 0.1) is 0 Å². The molecule has 114 valence electrons. The topological polar surface area (TPSA) is 69.7 Å². The molecule has 21 heavy (non-hydrogen) atoms. The second kappa shape index (κ2) is 5.75. The Morgan fingerprint density at radius 1 is 1.19 bits per heavy atom. The minimum atomic E-state index is -3.54. The molecule has 6 nitrogen and oxygen atoms in total. The first kappa shape index (κ1) is 14.5. The Balaban J connectivity index is 1.69. The Hall–Kier alpha value is -1.44. The Bertz CT molecular complexity index is 618. The molecule has 2 aliphatic rings. The minimum absolute atomic E-state index is 0.0409. The highest BCUT2D eigenvalue weighted by atomic mass is 32.2. The van der Waals surface area contributed by atoms with E-state index in [9.17, 15) is 13.2 Å². The van der Waals surface area contributed by atoms with Crippen LogP contribution in [0.1, 0.15) is 24.8 Å². The highest BCUT2D eigenvalue weighted by Crippen LogP contribution is 2.21. The fraction of sp³-hybridized carbons (Fsp3) is 0.500. The van der Waals surface area contributed by atoms with E-state index >= 15 is 0 Å². The zero-order valence-electron chi connectivity index (χ0n) is 11.7. The van der Waals surface area contributed by atoms with E-state index in [-0.39, 0.29) is 5.91 Å². The summed E-state index contributed by atoms with van der Waals surface area (Å²) in [7, 11) is -3.54. The van der Waals surface area contributed by atoms with Gasteiger partial charge in [0.2, 0.25) is 5.91 Å². The van der Waals surface area contributed by atoms with Crippen molar-refractivity contribution in [2.24, 2.45) is 0 Å². The van der Waals surface area contributed by atoms with Gasteiger partial charge in [0, 0.05) is 26.1 Å². The van der Waals surface area contributed by atoms with E-state index in [2.05, 4.69) is 4.72 Å². The number of likely N-dealkylation sites (tertiary alicyclic amines) is 1. The third kappa shape index (κ3) is 3.09. The summed E-state index contributed by atoms with van der Waals surface area (Å²) in [5.41, 5.74) is 0.957. The number of amides is 1. The highest BCUT2D eigenvalue weighted by Gasteiger charge is 2.37. The monoisotopic (exact) mass is 309 g/mol. The molecule has 0 bridgehead atoms. The van der Waals surface area contributed by atoms with Crippen LogP contribution in [-0.2, 0) is 21.5 Å². The van der Waals surface area contributed by atoms with Gasteiger partial charge < -0.3 is 4.90 Å². The summed E-state index contributed by atoms with van der Waals surface area (Å²) in [6.07, 6.45) is 1.56. The first-order valence-corrected chi connectivity index (χ1v) is 8.61. The van der Waals surface area contributed by atoms with E-state index in [1.807, 2.05) is 30.3 Å². The summed E-state index contributed by atoms with van der Waals surface area (Å²) in [6.45, 7) is 1.43. The van der Waals surface area contributed by atoms with Crippen LogP contribution < -0.4 is 4.72 Å². The van der Waals surface area contributed by atoms with Crippen molar-refractivity contribution < 1.29 is 13.2 Å². The van der Waals surface area contributed by atoms with E-state index in [0.29, 0.717) is 32.5 Å². The predicted molar refractivity (Wildman–Crippen MR) is 78.3 cm³/mol. The maximum absolute atomic E-state index is 12.3. The summed E-state index contributed by atoms with van der Waals surface area (Å²) in [6, 6.07) is 9.51. The molecule has 1 aromatic carbocycles. The Labute approximate surface area is 124 Å². The van der Waals surface area contributed by atoms with E-state index in [4.69, 9.17) is 0 Å². The molecule has 7 heteroatoms. The van der Waals surface area contributed by atoms with Crippen molar-refractivity contribution >= 4 is 16.1 Å². The molecule has 1 aromatic rings. The lowest BCUT2D eigenvalue weighted by Crippen LogP contribution is -2.58. The second-order valence-corrected chi connectivity index (χ2v) is 7.14. The van der Waals surface area contributed by atoms with Crippen molar-refractivity contribution in [1.29, 1.82) is 0 Å². The number of hydrogen-bond donors (Lipinski definition) is 1. The largest absolute Gasteiger partial charge is 0.326 e. The number of carbonyl (C=O) groups is 1. The SMILES string of the molecule is O=C1CCCN1C1CCN(Cc2ccccc2)S(=O)(=O)N1. The van der Waals surface area contributed by atoms with Crippen LogP contribution in [0.5, 0.6) is 0 Å². The van der Waals surface area contributed by atoms with Gasteiger partial charge in [0.05, 0.1) is 6.17 Å². The van der Waals surface area contributed by atoms with Crippen molar-refractivity contribution in [1.82, 2.24) is 13.9 Å². The van der Waals surface area contributed by atoms with Gasteiger partial charge in [-0.25, -0.2) is 0 Å². The second-order valence-electron chi connectivity index (χ2n) is 5.44. The molecule has 2 aliphatic heterocycles. The van der Waals surface area contributed by atoms with E-state index in [1.165, 1.54) is 4.31 Å². The average Bonchev–Trinajstić information content (AvgIpc) is 2.88. The summed E-state index contributed by atoms with van der Waals surface area (Å²) >= 11 is 0. The Kier molecular flexibility index (Phi) is 3.97. The number of hydrogen-bond acceptors (Lipinski definition) is 3. The molecule has 0 spiro atoms. The van der Waals surface area contributed by atoms with Crippen LogP contribution >= 0.6 is 0 Å². The molecule has 2 heterocycles. The van der Waals surface area contributed by atoms with Gasteiger partial charge in [0.15, 0.2) is 0 Å². The smallest absolute Gasteiger partial charge is 0.281 e. The summed E-state index contributed by atoms with van der Waals surface area (Å²) in [4.78, 5) is 13.4. The molecule has 1 amide bonds. The lowest BCUT2D eigenvalue weighted by atomic mass is 10.2.